The van der Waals surface area contributed by atoms with Crippen LogP contribution in [0.5, 0.6) is 5.88 Å². The molecule has 8 heteroatoms. The number of nitrogens with zero attached hydrogens (tertiary/aromatic N) is 1. The number of amides is 2. The maximum Gasteiger partial charge on any atom is 0.261 e. The van der Waals surface area contributed by atoms with Crippen LogP contribution in [-0.4, -0.2) is 44.2 Å². The third-order valence-electron chi connectivity index (χ3n) is 3.24. The Kier molecular flexibility index (Phi) is 6.41. The third kappa shape index (κ3) is 4.74. The molecule has 2 rings (SSSR count). The molecule has 1 aromatic heterocycles. The lowest BCUT2D eigenvalue weighted by Gasteiger charge is -2.11. The minimum atomic E-state index is -0.678. The van der Waals surface area contributed by atoms with E-state index in [-0.39, 0.29) is 29.3 Å². The van der Waals surface area contributed by atoms with Gasteiger partial charge in [-0.15, -0.1) is 0 Å². The molecule has 0 fully saturated rings. The van der Waals surface area contributed by atoms with Gasteiger partial charge in [-0.25, -0.2) is 9.37 Å². The van der Waals surface area contributed by atoms with Crippen LogP contribution in [0.25, 0.3) is 0 Å². The molecule has 2 N–H and O–H groups in total. The number of hydrogen-bond donors (Lipinski definition) is 2. The standard InChI is InChI=1S/C17H18FN3O4/c1-19-15(22)13-10-11(5-6-14(13)18)21-16(23)12-4-3-7-20-17(12)25-9-8-24-2/h3-7,10H,8-9H2,1-2H3,(H,19,22)(H,21,23). The number of aromatic nitrogens is 1. The normalized spacial score (nSPS) is 10.2. The lowest BCUT2D eigenvalue weighted by Crippen LogP contribution is -2.20. The van der Waals surface area contributed by atoms with Gasteiger partial charge in [-0.3, -0.25) is 9.59 Å². The Balaban J connectivity index is 2.19. The van der Waals surface area contributed by atoms with Crippen LogP contribution in [0.15, 0.2) is 36.5 Å². The first-order valence-corrected chi connectivity index (χ1v) is 7.46. The van der Waals surface area contributed by atoms with E-state index in [0.29, 0.717) is 6.61 Å². The van der Waals surface area contributed by atoms with E-state index in [9.17, 15) is 14.0 Å². The van der Waals surface area contributed by atoms with Gasteiger partial charge < -0.3 is 20.1 Å². The van der Waals surface area contributed by atoms with Crippen molar-refractivity contribution in [3.05, 3.63) is 53.5 Å². The molecular weight excluding hydrogens is 329 g/mol. The smallest absolute Gasteiger partial charge is 0.261 e. The monoisotopic (exact) mass is 347 g/mol. The Morgan fingerprint density at radius 3 is 2.68 bits per heavy atom. The van der Waals surface area contributed by atoms with Crippen molar-refractivity contribution in [3.63, 3.8) is 0 Å². The molecule has 0 saturated heterocycles. The molecule has 7 nitrogen and oxygen atoms in total. The van der Waals surface area contributed by atoms with E-state index in [0.717, 1.165) is 6.07 Å². The van der Waals surface area contributed by atoms with Crippen LogP contribution in [0, 0.1) is 5.82 Å². The quantitative estimate of drug-likeness (QED) is 0.746. The van der Waals surface area contributed by atoms with Crippen LogP contribution in [0.3, 0.4) is 0 Å². The van der Waals surface area contributed by atoms with Gasteiger partial charge in [0.15, 0.2) is 0 Å². The van der Waals surface area contributed by atoms with Crippen LogP contribution < -0.4 is 15.4 Å². The highest BCUT2D eigenvalue weighted by Crippen LogP contribution is 2.19. The van der Waals surface area contributed by atoms with Crippen molar-refractivity contribution in [2.75, 3.05) is 32.7 Å². The molecule has 0 aliphatic carbocycles. The van der Waals surface area contributed by atoms with E-state index in [1.165, 1.54) is 32.5 Å². The average molecular weight is 347 g/mol. The Morgan fingerprint density at radius 1 is 1.16 bits per heavy atom. The zero-order valence-corrected chi connectivity index (χ0v) is 13.8. The van der Waals surface area contributed by atoms with Gasteiger partial charge in [0.1, 0.15) is 18.0 Å². The molecule has 0 bridgehead atoms. The van der Waals surface area contributed by atoms with Crippen molar-refractivity contribution in [2.24, 2.45) is 0 Å². The largest absolute Gasteiger partial charge is 0.475 e. The van der Waals surface area contributed by atoms with E-state index in [1.54, 1.807) is 12.1 Å². The first-order chi connectivity index (χ1) is 12.1. The molecule has 132 valence electrons. The lowest BCUT2D eigenvalue weighted by molar-refractivity contribution is 0.0957. The minimum Gasteiger partial charge on any atom is -0.475 e. The number of anilines is 1. The van der Waals surface area contributed by atoms with Crippen LogP contribution >= 0.6 is 0 Å². The summed E-state index contributed by atoms with van der Waals surface area (Å²) in [6.07, 6.45) is 1.50. The number of methoxy groups -OCH3 is 1. The van der Waals surface area contributed by atoms with Crippen molar-refractivity contribution in [3.8, 4) is 5.88 Å². The van der Waals surface area contributed by atoms with Gasteiger partial charge in [0.25, 0.3) is 11.8 Å². The summed E-state index contributed by atoms with van der Waals surface area (Å²) in [5, 5.41) is 4.94. The van der Waals surface area contributed by atoms with E-state index in [2.05, 4.69) is 15.6 Å². The summed E-state index contributed by atoms with van der Waals surface area (Å²) in [4.78, 5) is 28.1. The highest BCUT2D eigenvalue weighted by atomic mass is 19.1. The van der Waals surface area contributed by atoms with Gasteiger partial charge in [-0.05, 0) is 30.3 Å². The molecule has 2 aromatic rings. The Labute approximate surface area is 144 Å². The molecule has 0 aliphatic heterocycles. The predicted molar refractivity (Wildman–Crippen MR) is 89.4 cm³/mol. The molecule has 0 saturated carbocycles. The number of hydrogen-bond acceptors (Lipinski definition) is 5. The molecule has 1 aromatic carbocycles. The number of ether oxygens (including phenoxy) is 2. The van der Waals surface area contributed by atoms with Gasteiger partial charge in [0, 0.05) is 26.0 Å². The fourth-order valence-electron chi connectivity index (χ4n) is 2.01. The number of pyridine rings is 1. The molecule has 2 amide bonds. The van der Waals surface area contributed by atoms with Crippen molar-refractivity contribution in [1.82, 2.24) is 10.3 Å². The van der Waals surface area contributed by atoms with Crippen LogP contribution in [0.4, 0.5) is 10.1 Å². The van der Waals surface area contributed by atoms with Gasteiger partial charge in [-0.2, -0.15) is 0 Å². The summed E-state index contributed by atoms with van der Waals surface area (Å²) in [5.74, 6) is -1.60. The number of rotatable bonds is 7. The SMILES string of the molecule is CNC(=O)c1cc(NC(=O)c2cccnc2OCCOC)ccc1F. The van der Waals surface area contributed by atoms with Crippen LogP contribution in [0.1, 0.15) is 20.7 Å². The van der Waals surface area contributed by atoms with Crippen molar-refractivity contribution in [1.29, 1.82) is 0 Å². The summed E-state index contributed by atoms with van der Waals surface area (Å²) < 4.78 is 24.0. The molecule has 0 spiro atoms. The zero-order chi connectivity index (χ0) is 18.2. The Bertz CT molecular complexity index is 767. The minimum absolute atomic E-state index is 0.158. The molecular formula is C17H18FN3O4. The topological polar surface area (TPSA) is 89.6 Å². The average Bonchev–Trinajstić information content (AvgIpc) is 2.63. The van der Waals surface area contributed by atoms with Crippen LogP contribution in [-0.2, 0) is 4.74 Å². The Hall–Kier alpha value is -3.00. The van der Waals surface area contributed by atoms with E-state index in [4.69, 9.17) is 9.47 Å². The van der Waals surface area contributed by atoms with Gasteiger partial charge in [-0.1, -0.05) is 0 Å². The molecule has 1 heterocycles. The van der Waals surface area contributed by atoms with E-state index in [1.807, 2.05) is 0 Å². The first-order valence-electron chi connectivity index (χ1n) is 7.46. The van der Waals surface area contributed by atoms with Crippen molar-refractivity contribution < 1.29 is 23.5 Å². The summed E-state index contributed by atoms with van der Waals surface area (Å²) in [5.41, 5.74) is 0.323. The number of nitrogens with one attached hydrogen (secondary N) is 2. The lowest BCUT2D eigenvalue weighted by atomic mass is 10.1. The Morgan fingerprint density at radius 2 is 1.96 bits per heavy atom. The highest BCUT2D eigenvalue weighted by Gasteiger charge is 2.16. The summed E-state index contributed by atoms with van der Waals surface area (Å²) in [7, 11) is 2.93. The number of halogens is 1. The third-order valence-corrected chi connectivity index (χ3v) is 3.24. The predicted octanol–water partition coefficient (Wildman–Crippen LogP) is 1.86. The molecule has 0 radical (unpaired) electrons. The second-order valence-corrected chi connectivity index (χ2v) is 4.93. The zero-order valence-electron chi connectivity index (χ0n) is 13.8. The van der Waals surface area contributed by atoms with E-state index >= 15 is 0 Å². The maximum atomic E-state index is 13.7. The number of carbonyl (C=O) groups is 2. The van der Waals surface area contributed by atoms with Crippen molar-refractivity contribution in [2.45, 2.75) is 0 Å². The number of benzene rings is 1. The van der Waals surface area contributed by atoms with Crippen LogP contribution in [0.2, 0.25) is 0 Å². The first kappa shape index (κ1) is 18.3. The fraction of sp³-hybridized carbons (Fsp3) is 0.235. The molecule has 25 heavy (non-hydrogen) atoms. The maximum absolute atomic E-state index is 13.7. The highest BCUT2D eigenvalue weighted by molar-refractivity contribution is 6.06. The summed E-state index contributed by atoms with van der Waals surface area (Å²) >= 11 is 0. The van der Waals surface area contributed by atoms with E-state index < -0.39 is 17.6 Å². The second-order valence-electron chi connectivity index (χ2n) is 4.93. The van der Waals surface area contributed by atoms with Gasteiger partial charge in [0.05, 0.1) is 12.2 Å². The van der Waals surface area contributed by atoms with Gasteiger partial charge >= 0.3 is 0 Å². The van der Waals surface area contributed by atoms with Gasteiger partial charge in [0.2, 0.25) is 5.88 Å². The molecule has 0 aliphatic rings. The summed E-state index contributed by atoms with van der Waals surface area (Å²) in [6, 6.07) is 6.88. The number of carbonyl (C=O) groups excluding carboxylic acids is 2. The molecule has 0 unspecified atom stereocenters. The summed E-state index contributed by atoms with van der Waals surface area (Å²) in [6.45, 7) is 0.593. The fourth-order valence-corrected chi connectivity index (χ4v) is 2.01. The molecule has 0 atom stereocenters. The second kappa shape index (κ2) is 8.74. The van der Waals surface area contributed by atoms with Crippen molar-refractivity contribution >= 4 is 17.5 Å².